The molecule has 1 unspecified atom stereocenters. The molecule has 0 aliphatic carbocycles. The van der Waals surface area contributed by atoms with Crippen LogP contribution >= 0.6 is 23.4 Å². The zero-order chi connectivity index (χ0) is 23.2. The number of carbonyl (C=O) groups excluding carboxylic acids is 1. The fourth-order valence-electron chi connectivity index (χ4n) is 3.10. The monoisotopic (exact) mass is 478 g/mol. The van der Waals surface area contributed by atoms with E-state index in [0.29, 0.717) is 21.8 Å². The fraction of sp³-hybridized carbons (Fsp3) is 0.160. The molecule has 6 nitrogen and oxygen atoms in total. The number of ether oxygens (including phenoxy) is 1. The molecule has 1 atom stereocenters. The van der Waals surface area contributed by atoms with Gasteiger partial charge in [-0.3, -0.25) is 4.79 Å². The molecule has 1 aromatic heterocycles. The van der Waals surface area contributed by atoms with Crippen LogP contribution in [0.1, 0.15) is 22.2 Å². The first kappa shape index (κ1) is 22.9. The normalized spacial score (nSPS) is 11.7. The van der Waals surface area contributed by atoms with Gasteiger partial charge in [-0.05, 0) is 48.9 Å². The molecule has 33 heavy (non-hydrogen) atoms. The number of hydrogen-bond acceptors (Lipinski definition) is 5. The third-order valence-electron chi connectivity index (χ3n) is 4.99. The van der Waals surface area contributed by atoms with Crippen molar-refractivity contribution in [3.63, 3.8) is 0 Å². The second-order valence-corrected chi connectivity index (χ2v) is 8.97. The van der Waals surface area contributed by atoms with Gasteiger partial charge in [0.25, 0.3) is 0 Å². The lowest BCUT2D eigenvalue weighted by molar-refractivity contribution is -0.115. The van der Waals surface area contributed by atoms with Crippen LogP contribution in [-0.2, 0) is 18.4 Å². The molecule has 0 saturated heterocycles. The van der Waals surface area contributed by atoms with Crippen LogP contribution in [0, 0.1) is 6.92 Å². The minimum Gasteiger partial charge on any atom is -0.486 e. The van der Waals surface area contributed by atoms with E-state index in [1.807, 2.05) is 73.1 Å². The van der Waals surface area contributed by atoms with Crippen molar-refractivity contribution in [2.45, 2.75) is 23.9 Å². The van der Waals surface area contributed by atoms with E-state index in [0.717, 1.165) is 16.8 Å². The second kappa shape index (κ2) is 10.6. The van der Waals surface area contributed by atoms with Crippen molar-refractivity contribution in [3.8, 4) is 5.75 Å². The molecule has 0 saturated carbocycles. The maximum absolute atomic E-state index is 13.2. The molecule has 4 rings (SSSR count). The Hall–Kier alpha value is -3.29. The topological polar surface area (TPSA) is 69.0 Å². The Bertz CT molecular complexity index is 1210. The zero-order valence-electron chi connectivity index (χ0n) is 18.2. The summed E-state index contributed by atoms with van der Waals surface area (Å²) >= 11 is 7.27. The quantitative estimate of drug-likeness (QED) is 0.323. The van der Waals surface area contributed by atoms with E-state index in [-0.39, 0.29) is 12.5 Å². The van der Waals surface area contributed by atoms with Crippen LogP contribution in [0.25, 0.3) is 0 Å². The highest BCUT2D eigenvalue weighted by Gasteiger charge is 2.25. The SMILES string of the molecule is Cc1ccc(NC(=O)C(Sc2nnc(COc3ccc(Cl)cc3)n2C)c2ccccc2)cc1. The molecule has 8 heteroatoms. The number of rotatable bonds is 8. The summed E-state index contributed by atoms with van der Waals surface area (Å²) in [4.78, 5) is 13.2. The van der Waals surface area contributed by atoms with Gasteiger partial charge in [-0.15, -0.1) is 10.2 Å². The Labute approximate surface area is 202 Å². The number of halogens is 1. The van der Waals surface area contributed by atoms with Gasteiger partial charge in [0, 0.05) is 17.8 Å². The van der Waals surface area contributed by atoms with E-state index in [1.54, 1.807) is 24.3 Å². The van der Waals surface area contributed by atoms with E-state index >= 15 is 0 Å². The number of aryl methyl sites for hydroxylation is 1. The first-order chi connectivity index (χ1) is 16.0. The van der Waals surface area contributed by atoms with Gasteiger partial charge in [0.15, 0.2) is 11.0 Å². The Kier molecular flexibility index (Phi) is 7.32. The smallest absolute Gasteiger partial charge is 0.242 e. The van der Waals surface area contributed by atoms with E-state index in [2.05, 4.69) is 15.5 Å². The molecule has 0 fully saturated rings. The highest BCUT2D eigenvalue weighted by atomic mass is 35.5. The summed E-state index contributed by atoms with van der Waals surface area (Å²) in [6.07, 6.45) is 0. The Morgan fingerprint density at radius 2 is 1.73 bits per heavy atom. The van der Waals surface area contributed by atoms with Crippen LogP contribution in [0.5, 0.6) is 5.75 Å². The number of anilines is 1. The van der Waals surface area contributed by atoms with Crippen molar-refractivity contribution in [1.82, 2.24) is 14.8 Å². The van der Waals surface area contributed by atoms with Crippen LogP contribution in [-0.4, -0.2) is 20.7 Å². The van der Waals surface area contributed by atoms with Crippen LogP contribution in [0.3, 0.4) is 0 Å². The van der Waals surface area contributed by atoms with Crippen LogP contribution in [0.4, 0.5) is 5.69 Å². The highest BCUT2D eigenvalue weighted by molar-refractivity contribution is 8.00. The van der Waals surface area contributed by atoms with E-state index < -0.39 is 5.25 Å². The average Bonchev–Trinajstić information content (AvgIpc) is 3.18. The first-order valence-electron chi connectivity index (χ1n) is 10.4. The molecule has 0 radical (unpaired) electrons. The molecule has 1 N–H and O–H groups in total. The number of benzene rings is 3. The maximum atomic E-state index is 13.2. The molecule has 3 aromatic carbocycles. The molecular weight excluding hydrogens is 456 g/mol. The number of aromatic nitrogens is 3. The minimum atomic E-state index is -0.500. The molecular formula is C25H23ClN4O2S. The van der Waals surface area contributed by atoms with Crippen molar-refractivity contribution in [3.05, 3.63) is 101 Å². The van der Waals surface area contributed by atoms with Gasteiger partial charge in [-0.25, -0.2) is 0 Å². The summed E-state index contributed by atoms with van der Waals surface area (Å²) in [6.45, 7) is 2.26. The van der Waals surface area contributed by atoms with Crippen LogP contribution in [0.15, 0.2) is 84.0 Å². The van der Waals surface area contributed by atoms with Crippen LogP contribution < -0.4 is 10.1 Å². The molecule has 4 aromatic rings. The third kappa shape index (κ3) is 5.94. The Morgan fingerprint density at radius 3 is 2.42 bits per heavy atom. The summed E-state index contributed by atoms with van der Waals surface area (Å²) in [5, 5.41) is 12.3. The summed E-state index contributed by atoms with van der Waals surface area (Å²) in [7, 11) is 1.86. The predicted molar refractivity (Wildman–Crippen MR) is 132 cm³/mol. The van der Waals surface area contributed by atoms with Gasteiger partial charge < -0.3 is 14.6 Å². The van der Waals surface area contributed by atoms with Crippen molar-refractivity contribution in [2.75, 3.05) is 5.32 Å². The Balaban J connectivity index is 1.50. The van der Waals surface area contributed by atoms with Crippen molar-refractivity contribution in [2.24, 2.45) is 7.05 Å². The van der Waals surface area contributed by atoms with Gasteiger partial charge in [-0.2, -0.15) is 0 Å². The number of carbonyl (C=O) groups is 1. The summed E-state index contributed by atoms with van der Waals surface area (Å²) in [5.41, 5.74) is 2.77. The molecule has 168 valence electrons. The predicted octanol–water partition coefficient (Wildman–Crippen LogP) is 5.83. The van der Waals surface area contributed by atoms with Gasteiger partial charge in [0.2, 0.25) is 5.91 Å². The van der Waals surface area contributed by atoms with E-state index in [1.165, 1.54) is 11.8 Å². The number of nitrogens with zero attached hydrogens (tertiary/aromatic N) is 3. The van der Waals surface area contributed by atoms with Crippen molar-refractivity contribution >= 4 is 35.0 Å². The summed E-state index contributed by atoms with van der Waals surface area (Å²) in [6, 6.07) is 24.5. The van der Waals surface area contributed by atoms with E-state index in [9.17, 15) is 4.79 Å². The maximum Gasteiger partial charge on any atom is 0.242 e. The number of amides is 1. The third-order valence-corrected chi connectivity index (χ3v) is 6.53. The fourth-order valence-corrected chi connectivity index (χ4v) is 4.25. The minimum absolute atomic E-state index is 0.128. The standard InChI is InChI=1S/C25H23ClN4O2S/c1-17-8-12-20(13-9-17)27-24(31)23(18-6-4-3-5-7-18)33-25-29-28-22(30(25)2)16-32-21-14-10-19(26)11-15-21/h3-15,23H,16H2,1-2H3,(H,27,31). The Morgan fingerprint density at radius 1 is 1.03 bits per heavy atom. The van der Waals surface area contributed by atoms with Gasteiger partial charge in [0.05, 0.1) is 0 Å². The lowest BCUT2D eigenvalue weighted by Gasteiger charge is -2.17. The second-order valence-electron chi connectivity index (χ2n) is 7.46. The number of thioether (sulfide) groups is 1. The van der Waals surface area contributed by atoms with Gasteiger partial charge >= 0.3 is 0 Å². The average molecular weight is 479 g/mol. The molecule has 1 heterocycles. The molecule has 1 amide bonds. The molecule has 0 bridgehead atoms. The lowest BCUT2D eigenvalue weighted by atomic mass is 10.1. The summed E-state index contributed by atoms with van der Waals surface area (Å²) in [5.74, 6) is 1.21. The van der Waals surface area contributed by atoms with Gasteiger partial charge in [0.1, 0.15) is 17.6 Å². The highest BCUT2D eigenvalue weighted by Crippen LogP contribution is 2.35. The van der Waals surface area contributed by atoms with E-state index in [4.69, 9.17) is 16.3 Å². The molecule has 0 spiro atoms. The number of hydrogen-bond donors (Lipinski definition) is 1. The zero-order valence-corrected chi connectivity index (χ0v) is 19.8. The lowest BCUT2D eigenvalue weighted by Crippen LogP contribution is -2.19. The molecule has 0 aliphatic rings. The first-order valence-corrected chi connectivity index (χ1v) is 11.6. The largest absolute Gasteiger partial charge is 0.486 e. The summed E-state index contributed by atoms with van der Waals surface area (Å²) < 4.78 is 7.64. The van der Waals surface area contributed by atoms with Crippen molar-refractivity contribution < 1.29 is 9.53 Å². The van der Waals surface area contributed by atoms with Crippen LogP contribution in [0.2, 0.25) is 5.02 Å². The number of nitrogens with one attached hydrogen (secondary N) is 1. The van der Waals surface area contributed by atoms with Crippen molar-refractivity contribution in [1.29, 1.82) is 0 Å². The van der Waals surface area contributed by atoms with Gasteiger partial charge in [-0.1, -0.05) is 71.4 Å². The molecule has 0 aliphatic heterocycles.